The Morgan fingerprint density at radius 1 is 1.35 bits per heavy atom. The van der Waals surface area contributed by atoms with E-state index in [2.05, 4.69) is 15.5 Å². The maximum Gasteiger partial charge on any atom is 0.349 e. The van der Waals surface area contributed by atoms with Crippen LogP contribution in [0.25, 0.3) is 16.7 Å². The van der Waals surface area contributed by atoms with Gasteiger partial charge in [-0.15, -0.1) is 5.10 Å². The third-order valence-electron chi connectivity index (χ3n) is 3.52. The molecule has 3 rings (SSSR count). The van der Waals surface area contributed by atoms with E-state index in [1.807, 2.05) is 26.8 Å². The van der Waals surface area contributed by atoms with Crippen LogP contribution in [-0.4, -0.2) is 31.1 Å². The van der Waals surface area contributed by atoms with Crippen molar-refractivity contribution >= 4 is 22.6 Å². The van der Waals surface area contributed by atoms with Crippen molar-refractivity contribution in [1.82, 2.24) is 24.5 Å². The Morgan fingerprint density at radius 2 is 2.09 bits per heavy atom. The van der Waals surface area contributed by atoms with Crippen molar-refractivity contribution in [1.29, 1.82) is 0 Å². The molecular weight excluding hydrogens is 298 g/mol. The van der Waals surface area contributed by atoms with Gasteiger partial charge in [-0.1, -0.05) is 11.6 Å². The lowest BCUT2D eigenvalue weighted by Gasteiger charge is -2.12. The fourth-order valence-corrected chi connectivity index (χ4v) is 2.59. The zero-order valence-corrected chi connectivity index (χ0v) is 13.1. The van der Waals surface area contributed by atoms with Gasteiger partial charge < -0.3 is 5.32 Å². The van der Waals surface area contributed by atoms with E-state index in [-0.39, 0.29) is 29.8 Å². The minimum absolute atomic E-state index is 0.0432. The summed E-state index contributed by atoms with van der Waals surface area (Å²) in [5.41, 5.74) is 0.555. The highest BCUT2D eigenvalue weighted by Gasteiger charge is 2.17. The second kappa shape index (κ2) is 5.38. The molecule has 0 unspecified atom stereocenters. The van der Waals surface area contributed by atoms with Crippen molar-refractivity contribution in [2.45, 2.75) is 33.4 Å². The Labute approximate surface area is 130 Å². The van der Waals surface area contributed by atoms with Crippen molar-refractivity contribution in [2.75, 3.05) is 0 Å². The van der Waals surface area contributed by atoms with Crippen molar-refractivity contribution in [3.63, 3.8) is 0 Å². The second-order valence-electron chi connectivity index (χ2n) is 5.80. The van der Waals surface area contributed by atoms with Crippen molar-refractivity contribution < 1.29 is 4.79 Å². The summed E-state index contributed by atoms with van der Waals surface area (Å²) in [7, 11) is 0. The molecule has 8 nitrogen and oxygen atoms in total. The Balaban J connectivity index is 2.31. The molecule has 0 bridgehead atoms. The number of aromatic amines is 1. The molecule has 0 aliphatic rings. The van der Waals surface area contributed by atoms with Gasteiger partial charge in [-0.25, -0.2) is 14.3 Å². The lowest BCUT2D eigenvalue weighted by atomic mass is 10.1. The SMILES string of the molecule is Cc1ccc2c(c1)c(=O)n(CC(=O)NC(C)C)c1n[nH]c(=O)n21. The summed E-state index contributed by atoms with van der Waals surface area (Å²) in [6.07, 6.45) is 0. The normalized spacial score (nSPS) is 11.5. The van der Waals surface area contributed by atoms with Crippen LogP contribution in [0.5, 0.6) is 0 Å². The molecule has 1 aromatic carbocycles. The molecule has 3 aromatic rings. The van der Waals surface area contributed by atoms with Crippen molar-refractivity contribution in [2.24, 2.45) is 0 Å². The van der Waals surface area contributed by atoms with Gasteiger partial charge in [0, 0.05) is 6.04 Å². The van der Waals surface area contributed by atoms with E-state index < -0.39 is 5.69 Å². The monoisotopic (exact) mass is 315 g/mol. The van der Waals surface area contributed by atoms with Gasteiger partial charge in [0.05, 0.1) is 10.9 Å². The number of fused-ring (bicyclic) bond motifs is 3. The van der Waals surface area contributed by atoms with Gasteiger partial charge in [0.15, 0.2) is 0 Å². The molecule has 1 amide bonds. The third kappa shape index (κ3) is 2.52. The highest BCUT2D eigenvalue weighted by Crippen LogP contribution is 2.12. The molecule has 0 saturated carbocycles. The minimum Gasteiger partial charge on any atom is -0.352 e. The summed E-state index contributed by atoms with van der Waals surface area (Å²) in [4.78, 5) is 36.8. The molecule has 0 radical (unpaired) electrons. The van der Waals surface area contributed by atoms with Crippen LogP contribution in [0.15, 0.2) is 27.8 Å². The van der Waals surface area contributed by atoms with Crippen LogP contribution >= 0.6 is 0 Å². The van der Waals surface area contributed by atoms with Gasteiger partial charge in [-0.05, 0) is 32.9 Å². The lowest BCUT2D eigenvalue weighted by molar-refractivity contribution is -0.122. The number of carbonyl (C=O) groups is 1. The topological polar surface area (TPSA) is 101 Å². The molecular formula is C15H17N5O3. The van der Waals surface area contributed by atoms with E-state index in [0.29, 0.717) is 10.9 Å². The van der Waals surface area contributed by atoms with Crippen LogP contribution in [-0.2, 0) is 11.3 Å². The predicted octanol–water partition coefficient (Wildman–Crippen LogP) is 0.171. The number of aryl methyl sites for hydroxylation is 1. The number of hydrogen-bond acceptors (Lipinski definition) is 4. The number of aromatic nitrogens is 4. The van der Waals surface area contributed by atoms with Gasteiger partial charge >= 0.3 is 5.69 Å². The standard InChI is InChI=1S/C15H17N5O3/c1-8(2)16-12(21)7-19-13(22)10-6-9(3)4-5-11(10)20-14(19)17-18-15(20)23/h4-6,8H,7H2,1-3H3,(H,16,21)(H,18,23). The highest BCUT2D eigenvalue weighted by atomic mass is 16.2. The van der Waals surface area contributed by atoms with Gasteiger partial charge in [-0.3, -0.25) is 14.2 Å². The summed E-state index contributed by atoms with van der Waals surface area (Å²) >= 11 is 0. The van der Waals surface area contributed by atoms with E-state index in [4.69, 9.17) is 0 Å². The average molecular weight is 315 g/mol. The number of amides is 1. The molecule has 2 N–H and O–H groups in total. The van der Waals surface area contributed by atoms with Crippen LogP contribution in [0, 0.1) is 6.92 Å². The summed E-state index contributed by atoms with van der Waals surface area (Å²) in [6, 6.07) is 5.18. The predicted molar refractivity (Wildman–Crippen MR) is 85.6 cm³/mol. The summed E-state index contributed by atoms with van der Waals surface area (Å²) in [5.74, 6) is -0.193. The van der Waals surface area contributed by atoms with Crippen molar-refractivity contribution in [3.8, 4) is 0 Å². The molecule has 2 aromatic heterocycles. The summed E-state index contributed by atoms with van der Waals surface area (Å²) < 4.78 is 2.51. The number of hydrogen-bond donors (Lipinski definition) is 2. The first-order chi connectivity index (χ1) is 10.9. The molecule has 0 aliphatic carbocycles. The number of rotatable bonds is 3. The van der Waals surface area contributed by atoms with Gasteiger partial charge in [0.2, 0.25) is 11.7 Å². The molecule has 120 valence electrons. The fraction of sp³-hybridized carbons (Fsp3) is 0.333. The Bertz CT molecular complexity index is 1030. The molecule has 23 heavy (non-hydrogen) atoms. The molecule has 0 saturated heterocycles. The molecule has 2 heterocycles. The number of benzene rings is 1. The number of nitrogens with one attached hydrogen (secondary N) is 2. The first kappa shape index (κ1) is 15.0. The Kier molecular flexibility index (Phi) is 3.51. The summed E-state index contributed by atoms with van der Waals surface area (Å²) in [6.45, 7) is 5.32. The van der Waals surface area contributed by atoms with Crippen LogP contribution in [0.1, 0.15) is 19.4 Å². The van der Waals surface area contributed by atoms with Crippen LogP contribution in [0.4, 0.5) is 0 Å². The number of H-pyrrole nitrogens is 1. The molecule has 0 atom stereocenters. The molecule has 0 spiro atoms. The second-order valence-corrected chi connectivity index (χ2v) is 5.80. The Hall–Kier alpha value is -2.90. The number of nitrogens with zero attached hydrogens (tertiary/aromatic N) is 3. The quantitative estimate of drug-likeness (QED) is 0.719. The summed E-state index contributed by atoms with van der Waals surface area (Å²) in [5, 5.41) is 9.32. The first-order valence-corrected chi connectivity index (χ1v) is 7.28. The van der Waals surface area contributed by atoms with E-state index >= 15 is 0 Å². The van der Waals surface area contributed by atoms with Crippen LogP contribution in [0.2, 0.25) is 0 Å². The molecule has 0 aliphatic heterocycles. The minimum atomic E-state index is -0.452. The fourth-order valence-electron chi connectivity index (χ4n) is 2.59. The third-order valence-corrected chi connectivity index (χ3v) is 3.52. The van der Waals surface area contributed by atoms with E-state index in [1.54, 1.807) is 12.1 Å². The van der Waals surface area contributed by atoms with E-state index in [0.717, 1.165) is 5.56 Å². The van der Waals surface area contributed by atoms with Gasteiger partial charge in [0.25, 0.3) is 5.56 Å². The smallest absolute Gasteiger partial charge is 0.349 e. The number of carbonyl (C=O) groups excluding carboxylic acids is 1. The Morgan fingerprint density at radius 3 is 2.78 bits per heavy atom. The largest absolute Gasteiger partial charge is 0.352 e. The van der Waals surface area contributed by atoms with Crippen LogP contribution in [0.3, 0.4) is 0 Å². The van der Waals surface area contributed by atoms with E-state index in [9.17, 15) is 14.4 Å². The maximum atomic E-state index is 12.7. The van der Waals surface area contributed by atoms with E-state index in [1.165, 1.54) is 8.97 Å². The van der Waals surface area contributed by atoms with Gasteiger partial charge in [-0.2, -0.15) is 0 Å². The molecule has 8 heteroatoms. The zero-order chi connectivity index (χ0) is 16.7. The zero-order valence-electron chi connectivity index (χ0n) is 13.1. The molecule has 0 fully saturated rings. The van der Waals surface area contributed by atoms with Crippen LogP contribution < -0.4 is 16.6 Å². The first-order valence-electron chi connectivity index (χ1n) is 7.28. The average Bonchev–Trinajstić information content (AvgIpc) is 2.84. The van der Waals surface area contributed by atoms with Gasteiger partial charge in [0.1, 0.15) is 6.54 Å². The highest BCUT2D eigenvalue weighted by molar-refractivity contribution is 5.82. The lowest BCUT2D eigenvalue weighted by Crippen LogP contribution is -2.37. The van der Waals surface area contributed by atoms with Crippen molar-refractivity contribution in [3.05, 3.63) is 44.6 Å². The maximum absolute atomic E-state index is 12.7.